The van der Waals surface area contributed by atoms with E-state index >= 15 is 0 Å². The summed E-state index contributed by atoms with van der Waals surface area (Å²) < 4.78 is 40.6. The average molecular weight is 358 g/mol. The third-order valence-corrected chi connectivity index (χ3v) is 4.98. The van der Waals surface area contributed by atoms with Gasteiger partial charge >= 0.3 is 29.6 Å². The van der Waals surface area contributed by atoms with Crippen LogP contribution in [0.4, 0.5) is 0 Å². The number of rotatable bonds is 6. The van der Waals surface area contributed by atoms with Crippen molar-refractivity contribution in [2.24, 2.45) is 0 Å². The summed E-state index contributed by atoms with van der Waals surface area (Å²) in [6, 6.07) is 7.11. The summed E-state index contributed by atoms with van der Waals surface area (Å²) in [7, 11) is -2.98. The van der Waals surface area contributed by atoms with Gasteiger partial charge in [0.1, 0.15) is 15.9 Å². The minimum Gasteiger partial charge on any atom is -0.744 e. The average Bonchev–Trinajstić information content (AvgIpc) is 2.71. The standard InChI is InChI=1S/C18H24O4S.Na/c1-5-6-7-14-11-17(23(19,20)21)15-10-13(12(2)3)8-9-16(22-4)18(14)15;/h8-12H,5-7H2,1-4H3,(H,19,20,21);/q;+1/p-1. The van der Waals surface area contributed by atoms with E-state index in [1.807, 2.05) is 32.0 Å². The van der Waals surface area contributed by atoms with E-state index in [0.717, 1.165) is 36.0 Å². The van der Waals surface area contributed by atoms with Gasteiger partial charge in [0.2, 0.25) is 0 Å². The molecule has 0 atom stereocenters. The van der Waals surface area contributed by atoms with Crippen molar-refractivity contribution >= 4 is 10.1 Å². The van der Waals surface area contributed by atoms with Gasteiger partial charge in [0.15, 0.2) is 0 Å². The maximum absolute atomic E-state index is 11.7. The van der Waals surface area contributed by atoms with E-state index in [1.165, 1.54) is 6.07 Å². The zero-order valence-corrected chi connectivity index (χ0v) is 17.9. The Morgan fingerprint density at radius 3 is 2.38 bits per heavy atom. The van der Waals surface area contributed by atoms with Gasteiger partial charge in [0, 0.05) is 11.1 Å². The molecule has 2 aliphatic rings. The molecule has 0 saturated heterocycles. The van der Waals surface area contributed by atoms with Crippen molar-refractivity contribution in [3.05, 3.63) is 35.4 Å². The van der Waals surface area contributed by atoms with Crippen molar-refractivity contribution < 1.29 is 47.3 Å². The van der Waals surface area contributed by atoms with Crippen LogP contribution in [0.5, 0.6) is 5.75 Å². The summed E-state index contributed by atoms with van der Waals surface area (Å²) in [5, 5.41) is 0. The second kappa shape index (κ2) is 8.68. The van der Waals surface area contributed by atoms with E-state index in [9.17, 15) is 13.0 Å². The maximum atomic E-state index is 11.7. The van der Waals surface area contributed by atoms with Gasteiger partial charge in [-0.2, -0.15) is 0 Å². The predicted octanol–water partition coefficient (Wildman–Crippen LogP) is 1.17. The molecule has 2 aliphatic carbocycles. The van der Waals surface area contributed by atoms with Crippen LogP contribution in [0.3, 0.4) is 0 Å². The summed E-state index contributed by atoms with van der Waals surface area (Å²) in [6.07, 6.45) is 2.64. The van der Waals surface area contributed by atoms with Crippen molar-refractivity contribution in [1.29, 1.82) is 0 Å². The summed E-state index contributed by atoms with van der Waals surface area (Å²) >= 11 is 0. The van der Waals surface area contributed by atoms with Gasteiger partial charge in [-0.25, -0.2) is 8.42 Å². The van der Waals surface area contributed by atoms with Crippen LogP contribution in [0.15, 0.2) is 29.2 Å². The van der Waals surface area contributed by atoms with Gasteiger partial charge in [0.05, 0.1) is 12.0 Å². The molecule has 0 spiro atoms. The number of hydrogen-bond donors (Lipinski definition) is 0. The SMILES string of the molecule is CCCCc1cc(S(=O)(=O)[O-])c2cc(C(C)C)ccc(OC)c1-2.[Na+]. The van der Waals surface area contributed by atoms with Crippen LogP contribution in [0.25, 0.3) is 11.1 Å². The van der Waals surface area contributed by atoms with Crippen molar-refractivity contribution in [2.45, 2.75) is 50.8 Å². The largest absolute Gasteiger partial charge is 1.00 e. The number of aryl methyl sites for hydroxylation is 1. The maximum Gasteiger partial charge on any atom is 1.00 e. The van der Waals surface area contributed by atoms with Crippen LogP contribution in [0.2, 0.25) is 0 Å². The van der Waals surface area contributed by atoms with E-state index in [2.05, 4.69) is 6.92 Å². The second-order valence-electron chi connectivity index (χ2n) is 6.08. The van der Waals surface area contributed by atoms with Gasteiger partial charge in [0.25, 0.3) is 0 Å². The Balaban J connectivity index is 0.00000288. The summed E-state index contributed by atoms with van der Waals surface area (Å²) in [6.45, 7) is 6.13. The van der Waals surface area contributed by atoms with Crippen LogP contribution in [0.1, 0.15) is 50.7 Å². The zero-order valence-electron chi connectivity index (χ0n) is 15.0. The molecule has 0 radical (unpaired) electrons. The molecule has 0 aromatic heterocycles. The number of ether oxygens (including phenoxy) is 1. The Hall–Kier alpha value is -0.590. The fourth-order valence-electron chi connectivity index (χ4n) is 2.81. The van der Waals surface area contributed by atoms with E-state index in [1.54, 1.807) is 7.11 Å². The first-order valence-corrected chi connectivity index (χ1v) is 9.29. The molecular weight excluding hydrogens is 335 g/mol. The Kier molecular flexibility index (Phi) is 7.75. The number of unbranched alkanes of at least 4 members (excludes halogenated alkanes) is 1. The molecule has 2 rings (SSSR count). The smallest absolute Gasteiger partial charge is 0.744 e. The predicted molar refractivity (Wildman–Crippen MR) is 90.3 cm³/mol. The molecule has 0 aromatic carbocycles. The molecular formula is C18H23NaO4S. The molecule has 0 bridgehead atoms. The second-order valence-corrected chi connectivity index (χ2v) is 7.43. The van der Waals surface area contributed by atoms with Gasteiger partial charge in [-0.1, -0.05) is 33.3 Å². The molecule has 0 N–H and O–H groups in total. The molecule has 6 heteroatoms. The van der Waals surface area contributed by atoms with Crippen molar-refractivity contribution in [1.82, 2.24) is 0 Å². The van der Waals surface area contributed by atoms with Crippen LogP contribution in [-0.2, 0) is 16.5 Å². The molecule has 126 valence electrons. The normalized spacial score (nSPS) is 11.6. The zero-order chi connectivity index (χ0) is 17.2. The summed E-state index contributed by atoms with van der Waals surface area (Å²) in [5.74, 6) is 0.819. The topological polar surface area (TPSA) is 66.4 Å². The van der Waals surface area contributed by atoms with Crippen molar-refractivity contribution in [2.75, 3.05) is 7.11 Å². The molecule has 0 aromatic rings. The first-order chi connectivity index (χ1) is 10.8. The molecule has 0 fully saturated rings. The number of hydrogen-bond acceptors (Lipinski definition) is 4. The Morgan fingerprint density at radius 2 is 1.88 bits per heavy atom. The molecule has 4 nitrogen and oxygen atoms in total. The van der Waals surface area contributed by atoms with Crippen LogP contribution >= 0.6 is 0 Å². The Bertz CT molecular complexity index is 769. The monoisotopic (exact) mass is 358 g/mol. The first-order valence-electron chi connectivity index (χ1n) is 7.89. The number of methoxy groups -OCH3 is 1. The molecule has 0 heterocycles. The third-order valence-electron chi connectivity index (χ3n) is 4.10. The molecule has 24 heavy (non-hydrogen) atoms. The minimum atomic E-state index is -4.54. The van der Waals surface area contributed by atoms with Crippen LogP contribution in [-0.4, -0.2) is 20.1 Å². The van der Waals surface area contributed by atoms with E-state index in [4.69, 9.17) is 4.74 Å². The van der Waals surface area contributed by atoms with Gasteiger partial charge in [-0.3, -0.25) is 0 Å². The van der Waals surface area contributed by atoms with E-state index < -0.39 is 10.1 Å². The van der Waals surface area contributed by atoms with Gasteiger partial charge in [-0.05, 0) is 48.1 Å². The molecule has 0 unspecified atom stereocenters. The van der Waals surface area contributed by atoms with Crippen molar-refractivity contribution in [3.8, 4) is 16.9 Å². The van der Waals surface area contributed by atoms with Gasteiger partial charge < -0.3 is 9.29 Å². The van der Waals surface area contributed by atoms with E-state index in [0.29, 0.717) is 11.3 Å². The minimum absolute atomic E-state index is 0. The summed E-state index contributed by atoms with van der Waals surface area (Å²) in [4.78, 5) is -0.144. The van der Waals surface area contributed by atoms with Crippen molar-refractivity contribution in [3.63, 3.8) is 0 Å². The van der Waals surface area contributed by atoms with Gasteiger partial charge in [-0.15, -0.1) is 0 Å². The van der Waals surface area contributed by atoms with Crippen LogP contribution < -0.4 is 34.3 Å². The Morgan fingerprint density at radius 1 is 1.21 bits per heavy atom. The molecule has 0 amide bonds. The number of fused-ring (bicyclic) bond motifs is 1. The summed E-state index contributed by atoms with van der Waals surface area (Å²) in [5.41, 5.74) is 3.04. The molecule has 0 aliphatic heterocycles. The Labute approximate surface area is 167 Å². The molecule has 0 saturated carbocycles. The van der Waals surface area contributed by atoms with Crippen LogP contribution in [0, 0.1) is 0 Å². The fourth-order valence-corrected chi connectivity index (χ4v) is 3.53. The fraction of sp³-hybridized carbons (Fsp3) is 0.444. The first kappa shape index (κ1) is 21.5. The quantitative estimate of drug-likeness (QED) is 0.574. The third kappa shape index (κ3) is 4.52. The van der Waals surface area contributed by atoms with E-state index in [-0.39, 0.29) is 40.4 Å².